The summed E-state index contributed by atoms with van der Waals surface area (Å²) < 4.78 is 41.7. The Morgan fingerprint density at radius 3 is 2.69 bits per heavy atom. The van der Waals surface area contributed by atoms with Gasteiger partial charge in [-0.15, -0.1) is 0 Å². The second-order valence-corrected chi connectivity index (χ2v) is 6.33. The molecule has 0 fully saturated rings. The number of nitrogens with zero attached hydrogens (tertiary/aromatic N) is 2. The van der Waals surface area contributed by atoms with E-state index >= 15 is 0 Å². The zero-order valence-electron chi connectivity index (χ0n) is 13.3. The van der Waals surface area contributed by atoms with Gasteiger partial charge in [-0.3, -0.25) is 9.69 Å². The van der Waals surface area contributed by atoms with Crippen molar-refractivity contribution in [3.63, 3.8) is 0 Å². The highest BCUT2D eigenvalue weighted by Gasteiger charge is 2.47. The molecule has 1 aliphatic rings. The molecular formula is C18H13ClF3N3O. The third-order valence-electron chi connectivity index (χ3n) is 4.12. The van der Waals surface area contributed by atoms with Crippen LogP contribution in [-0.4, -0.2) is 23.5 Å². The number of fused-ring (bicyclic) bond motifs is 1. The average molecular weight is 380 g/mol. The lowest BCUT2D eigenvalue weighted by molar-refractivity contribution is -0.187. The van der Waals surface area contributed by atoms with Gasteiger partial charge >= 0.3 is 6.18 Å². The molecule has 2 aromatic rings. The van der Waals surface area contributed by atoms with Gasteiger partial charge in [0.05, 0.1) is 18.2 Å². The summed E-state index contributed by atoms with van der Waals surface area (Å²) in [5.74, 6) is -0.560. The Morgan fingerprint density at radius 1 is 1.27 bits per heavy atom. The van der Waals surface area contributed by atoms with Crippen LogP contribution in [0.25, 0.3) is 0 Å². The van der Waals surface area contributed by atoms with Crippen molar-refractivity contribution in [1.29, 1.82) is 5.26 Å². The number of carbonyl (C=O) groups excluding carboxylic acids is 1. The number of amides is 1. The molecule has 0 saturated carbocycles. The molecule has 1 heterocycles. The van der Waals surface area contributed by atoms with Crippen molar-refractivity contribution < 1.29 is 18.0 Å². The average Bonchev–Trinajstić information content (AvgIpc) is 2.70. The summed E-state index contributed by atoms with van der Waals surface area (Å²) in [5, 5.41) is 11.8. The molecule has 1 atom stereocenters. The van der Waals surface area contributed by atoms with E-state index in [-0.39, 0.29) is 28.4 Å². The Kier molecular flexibility index (Phi) is 4.90. The normalized spacial score (nSPS) is 17.8. The Bertz CT molecular complexity index is 892. The van der Waals surface area contributed by atoms with Gasteiger partial charge in [-0.2, -0.15) is 18.4 Å². The van der Waals surface area contributed by atoms with Gasteiger partial charge in [-0.25, -0.2) is 0 Å². The second kappa shape index (κ2) is 6.98. The third-order valence-corrected chi connectivity index (χ3v) is 4.35. The van der Waals surface area contributed by atoms with Crippen LogP contribution in [0.2, 0.25) is 5.02 Å². The number of hydrogen-bond donors (Lipinski definition) is 1. The first-order chi connectivity index (χ1) is 12.3. The van der Waals surface area contributed by atoms with E-state index in [1.807, 2.05) is 6.07 Å². The van der Waals surface area contributed by atoms with Crippen molar-refractivity contribution in [3.05, 3.63) is 64.2 Å². The van der Waals surface area contributed by atoms with E-state index in [1.54, 1.807) is 18.2 Å². The first kappa shape index (κ1) is 18.2. The van der Waals surface area contributed by atoms with Crippen LogP contribution in [0.4, 0.5) is 18.9 Å². The largest absolute Gasteiger partial charge is 0.408 e. The maximum atomic E-state index is 13.9. The summed E-state index contributed by atoms with van der Waals surface area (Å²) in [6.45, 7) is -0.663. The SMILES string of the molecule is N#Cc1ccccc1CN1CC(=O)Nc2ccc(Cl)cc2C1C(F)(F)F. The number of benzene rings is 2. The van der Waals surface area contributed by atoms with Crippen LogP contribution in [-0.2, 0) is 11.3 Å². The van der Waals surface area contributed by atoms with Gasteiger partial charge in [-0.05, 0) is 29.8 Å². The molecule has 4 nitrogen and oxygen atoms in total. The van der Waals surface area contributed by atoms with E-state index < -0.39 is 24.7 Å². The number of anilines is 1. The summed E-state index contributed by atoms with van der Waals surface area (Å²) in [6.07, 6.45) is -4.63. The summed E-state index contributed by atoms with van der Waals surface area (Å²) in [6, 6.07) is 10.3. The Hall–Kier alpha value is -2.56. The first-order valence-electron chi connectivity index (χ1n) is 7.67. The van der Waals surface area contributed by atoms with Gasteiger partial charge in [-0.1, -0.05) is 29.8 Å². The second-order valence-electron chi connectivity index (χ2n) is 5.90. The van der Waals surface area contributed by atoms with Crippen molar-refractivity contribution >= 4 is 23.2 Å². The fraction of sp³-hybridized carbons (Fsp3) is 0.222. The van der Waals surface area contributed by atoms with Gasteiger partial charge < -0.3 is 5.32 Å². The maximum absolute atomic E-state index is 13.9. The number of nitrogens with one attached hydrogen (secondary N) is 1. The quantitative estimate of drug-likeness (QED) is 0.847. The topological polar surface area (TPSA) is 56.1 Å². The smallest absolute Gasteiger partial charge is 0.325 e. The zero-order chi connectivity index (χ0) is 18.9. The number of alkyl halides is 3. The number of rotatable bonds is 2. The first-order valence-corrected chi connectivity index (χ1v) is 8.05. The van der Waals surface area contributed by atoms with Gasteiger partial charge in [0.25, 0.3) is 0 Å². The van der Waals surface area contributed by atoms with E-state index in [2.05, 4.69) is 5.32 Å². The van der Waals surface area contributed by atoms with Crippen LogP contribution in [0, 0.1) is 11.3 Å². The van der Waals surface area contributed by atoms with Crippen LogP contribution in [0.1, 0.15) is 22.7 Å². The minimum Gasteiger partial charge on any atom is -0.325 e. The molecule has 0 aromatic heterocycles. The number of carbonyl (C=O) groups is 1. The highest BCUT2D eigenvalue weighted by molar-refractivity contribution is 6.30. The fourth-order valence-corrected chi connectivity index (χ4v) is 3.23. The highest BCUT2D eigenvalue weighted by atomic mass is 35.5. The van der Waals surface area contributed by atoms with Crippen molar-refractivity contribution in [3.8, 4) is 6.07 Å². The molecule has 1 unspecified atom stereocenters. The van der Waals surface area contributed by atoms with Crippen LogP contribution < -0.4 is 5.32 Å². The van der Waals surface area contributed by atoms with Crippen LogP contribution in [0.5, 0.6) is 0 Å². The van der Waals surface area contributed by atoms with Gasteiger partial charge in [0.2, 0.25) is 5.91 Å². The Labute approximate surface area is 152 Å². The summed E-state index contributed by atoms with van der Waals surface area (Å²) in [5.41, 5.74) is 0.648. The lowest BCUT2D eigenvalue weighted by Crippen LogP contribution is -2.40. The number of halogens is 4. The van der Waals surface area contributed by atoms with Gasteiger partial charge in [0.1, 0.15) is 6.04 Å². The van der Waals surface area contributed by atoms with Crippen molar-refractivity contribution in [2.75, 3.05) is 11.9 Å². The van der Waals surface area contributed by atoms with Gasteiger partial charge in [0, 0.05) is 22.8 Å². The molecule has 0 spiro atoms. The summed E-state index contributed by atoms with van der Waals surface area (Å²) in [4.78, 5) is 13.1. The molecule has 134 valence electrons. The van der Waals surface area contributed by atoms with Crippen molar-refractivity contribution in [2.24, 2.45) is 0 Å². The van der Waals surface area contributed by atoms with E-state index in [1.165, 1.54) is 24.3 Å². The predicted octanol–water partition coefficient (Wildman–Crippen LogP) is 4.27. The predicted molar refractivity (Wildman–Crippen MR) is 90.4 cm³/mol. The van der Waals surface area contributed by atoms with E-state index in [9.17, 15) is 23.2 Å². The molecule has 1 amide bonds. The minimum atomic E-state index is -4.63. The number of nitriles is 1. The molecule has 1 N–H and O–H groups in total. The number of hydrogen-bond acceptors (Lipinski definition) is 3. The van der Waals surface area contributed by atoms with Gasteiger partial charge in [0.15, 0.2) is 0 Å². The third kappa shape index (κ3) is 3.66. The van der Waals surface area contributed by atoms with Crippen molar-refractivity contribution in [2.45, 2.75) is 18.8 Å². The molecule has 1 aliphatic heterocycles. The van der Waals surface area contributed by atoms with Crippen LogP contribution >= 0.6 is 11.6 Å². The minimum absolute atomic E-state index is 0.0813. The molecule has 2 aromatic carbocycles. The fourth-order valence-electron chi connectivity index (χ4n) is 3.05. The van der Waals surface area contributed by atoms with Crippen LogP contribution in [0.15, 0.2) is 42.5 Å². The molecule has 0 saturated heterocycles. The molecule has 26 heavy (non-hydrogen) atoms. The Balaban J connectivity index is 2.10. The molecule has 8 heteroatoms. The molecular weight excluding hydrogens is 367 g/mol. The van der Waals surface area contributed by atoms with Crippen molar-refractivity contribution in [1.82, 2.24) is 4.90 Å². The zero-order valence-corrected chi connectivity index (χ0v) is 14.1. The summed E-state index contributed by atoms with van der Waals surface area (Å²) >= 11 is 5.90. The molecule has 0 radical (unpaired) electrons. The molecule has 0 aliphatic carbocycles. The van der Waals surface area contributed by atoms with E-state index in [0.717, 1.165) is 4.90 Å². The van der Waals surface area contributed by atoms with Crippen LogP contribution in [0.3, 0.4) is 0 Å². The molecule has 0 bridgehead atoms. The Morgan fingerprint density at radius 2 is 2.00 bits per heavy atom. The standard InChI is InChI=1S/C18H13ClF3N3O/c19-13-5-6-15-14(7-13)17(18(20,21)22)25(10-16(26)24-15)9-12-4-2-1-3-11(12)8-23/h1-7,17H,9-10H2,(H,24,26). The monoisotopic (exact) mass is 379 g/mol. The molecule has 3 rings (SSSR count). The van der Waals surface area contributed by atoms with E-state index in [4.69, 9.17) is 11.6 Å². The maximum Gasteiger partial charge on any atom is 0.408 e. The lowest BCUT2D eigenvalue weighted by Gasteiger charge is -2.31. The lowest BCUT2D eigenvalue weighted by atomic mass is 10.0. The highest BCUT2D eigenvalue weighted by Crippen LogP contribution is 2.43. The summed E-state index contributed by atoms with van der Waals surface area (Å²) in [7, 11) is 0. The van der Waals surface area contributed by atoms with E-state index in [0.29, 0.717) is 5.56 Å².